The second-order valence-corrected chi connectivity index (χ2v) is 3.62. The van der Waals surface area contributed by atoms with Crippen molar-refractivity contribution in [2.24, 2.45) is 0 Å². The van der Waals surface area contributed by atoms with Gasteiger partial charge in [0.05, 0.1) is 0 Å². The summed E-state index contributed by atoms with van der Waals surface area (Å²) in [4.78, 5) is 37.7. The number of H-pyrrole nitrogens is 2. The van der Waals surface area contributed by atoms with Crippen molar-refractivity contribution in [2.45, 2.75) is 0 Å². The third-order valence-electron chi connectivity index (χ3n) is 2.21. The van der Waals surface area contributed by atoms with Crippen LogP contribution in [0.25, 0.3) is 0 Å². The predicted octanol–water partition coefficient (Wildman–Crippen LogP) is 0.160. The maximum atomic E-state index is 13.0. The van der Waals surface area contributed by atoms with Crippen molar-refractivity contribution in [2.75, 3.05) is 5.32 Å². The fraction of sp³-hybridized carbons (Fsp3) is 0. The van der Waals surface area contributed by atoms with Crippen molar-refractivity contribution in [3.05, 3.63) is 56.6 Å². The van der Waals surface area contributed by atoms with Gasteiger partial charge in [-0.05, 0) is 12.1 Å². The molecule has 0 spiro atoms. The van der Waals surface area contributed by atoms with E-state index in [1.54, 1.807) is 0 Å². The maximum Gasteiger partial charge on any atom is 0.326 e. The number of phenols is 1. The number of hydrogen-bond acceptors (Lipinski definition) is 4. The van der Waals surface area contributed by atoms with Crippen molar-refractivity contribution in [1.82, 2.24) is 9.97 Å². The highest BCUT2D eigenvalue weighted by Crippen LogP contribution is 2.19. The number of carbonyl (C=O) groups excluding carboxylic acids is 1. The van der Waals surface area contributed by atoms with E-state index in [9.17, 15) is 18.8 Å². The van der Waals surface area contributed by atoms with Crippen LogP contribution in [0.3, 0.4) is 0 Å². The molecule has 0 fully saturated rings. The summed E-state index contributed by atoms with van der Waals surface area (Å²) in [6.45, 7) is 0. The minimum atomic E-state index is -0.905. The molecule has 0 unspecified atom stereocenters. The van der Waals surface area contributed by atoms with Crippen molar-refractivity contribution < 1.29 is 14.3 Å². The van der Waals surface area contributed by atoms with E-state index >= 15 is 0 Å². The number of halogens is 1. The molecule has 98 valence electrons. The number of nitrogens with one attached hydrogen (secondary N) is 3. The Morgan fingerprint density at radius 1 is 1.21 bits per heavy atom. The molecule has 0 aliphatic carbocycles. The standard InChI is InChI=1S/C11H8FN3O4/c12-6-3-5(1-2-8(6)16)13-10(18)7-4-9(17)15-11(19)14-7/h1-4,16H,(H,13,18)(H2,14,15,17,19). The Labute approximate surface area is 104 Å². The van der Waals surface area contributed by atoms with E-state index in [1.165, 1.54) is 6.07 Å². The smallest absolute Gasteiger partial charge is 0.326 e. The average Bonchev–Trinajstić information content (AvgIpc) is 2.32. The SMILES string of the molecule is O=C(Nc1ccc(O)c(F)c1)c1cc(=O)[nH]c(=O)[nH]1. The average molecular weight is 265 g/mol. The number of hydrogen-bond donors (Lipinski definition) is 4. The van der Waals surface area contributed by atoms with Gasteiger partial charge in [-0.25, -0.2) is 9.18 Å². The molecule has 1 heterocycles. The Morgan fingerprint density at radius 3 is 2.58 bits per heavy atom. The van der Waals surface area contributed by atoms with Gasteiger partial charge in [-0.1, -0.05) is 0 Å². The van der Waals surface area contributed by atoms with Crippen LogP contribution in [0.15, 0.2) is 33.9 Å². The van der Waals surface area contributed by atoms with Gasteiger partial charge in [0.25, 0.3) is 11.5 Å². The van der Waals surface area contributed by atoms with Gasteiger partial charge in [-0.2, -0.15) is 0 Å². The molecular weight excluding hydrogens is 257 g/mol. The third kappa shape index (κ3) is 2.86. The van der Waals surface area contributed by atoms with Crippen LogP contribution in [-0.4, -0.2) is 21.0 Å². The van der Waals surface area contributed by atoms with E-state index in [0.29, 0.717) is 0 Å². The van der Waals surface area contributed by atoms with Gasteiger partial charge in [0.15, 0.2) is 11.6 Å². The highest BCUT2D eigenvalue weighted by Gasteiger charge is 2.09. The summed E-state index contributed by atoms with van der Waals surface area (Å²) < 4.78 is 13.0. The maximum absolute atomic E-state index is 13.0. The van der Waals surface area contributed by atoms with Crippen LogP contribution in [0, 0.1) is 5.82 Å². The number of aromatic hydroxyl groups is 1. The lowest BCUT2D eigenvalue weighted by Crippen LogP contribution is -2.27. The second-order valence-electron chi connectivity index (χ2n) is 3.62. The van der Waals surface area contributed by atoms with Crippen LogP contribution in [0.4, 0.5) is 10.1 Å². The van der Waals surface area contributed by atoms with Crippen LogP contribution in [-0.2, 0) is 0 Å². The lowest BCUT2D eigenvalue weighted by Gasteiger charge is -2.05. The van der Waals surface area contributed by atoms with E-state index in [4.69, 9.17) is 5.11 Å². The molecule has 0 aliphatic rings. The summed E-state index contributed by atoms with van der Waals surface area (Å²) in [6, 6.07) is 4.12. The number of phenolic OH excluding ortho intramolecular Hbond substituents is 1. The van der Waals surface area contributed by atoms with Crippen LogP contribution < -0.4 is 16.6 Å². The molecule has 0 aliphatic heterocycles. The molecule has 7 nitrogen and oxygen atoms in total. The number of amides is 1. The molecule has 2 rings (SSSR count). The first-order valence-electron chi connectivity index (χ1n) is 5.09. The summed E-state index contributed by atoms with van der Waals surface area (Å²) in [5.41, 5.74) is -1.75. The number of benzene rings is 1. The van der Waals surface area contributed by atoms with Gasteiger partial charge in [0.1, 0.15) is 5.69 Å². The molecule has 19 heavy (non-hydrogen) atoms. The Bertz CT molecular complexity index is 722. The van der Waals surface area contributed by atoms with Gasteiger partial charge in [-0.3, -0.25) is 14.6 Å². The molecule has 0 radical (unpaired) electrons. The number of carbonyl (C=O) groups is 1. The molecule has 0 atom stereocenters. The zero-order valence-corrected chi connectivity index (χ0v) is 9.36. The molecule has 4 N–H and O–H groups in total. The van der Waals surface area contributed by atoms with Gasteiger partial charge >= 0.3 is 5.69 Å². The van der Waals surface area contributed by atoms with Gasteiger partial charge in [-0.15, -0.1) is 0 Å². The summed E-state index contributed by atoms with van der Waals surface area (Å²) in [5.74, 6) is -2.24. The van der Waals surface area contributed by atoms with E-state index in [1.807, 2.05) is 4.98 Å². The lowest BCUT2D eigenvalue weighted by atomic mass is 10.2. The minimum absolute atomic E-state index is 0.0708. The molecule has 2 aromatic rings. The Hall–Kier alpha value is -2.90. The molecule has 1 aromatic carbocycles. The normalized spacial score (nSPS) is 10.2. The van der Waals surface area contributed by atoms with Gasteiger partial charge in [0, 0.05) is 17.8 Å². The van der Waals surface area contributed by atoms with E-state index in [-0.39, 0.29) is 11.4 Å². The first kappa shape index (κ1) is 12.6. The fourth-order valence-corrected chi connectivity index (χ4v) is 1.37. The van der Waals surface area contributed by atoms with Crippen LogP contribution >= 0.6 is 0 Å². The Balaban J connectivity index is 2.27. The molecular formula is C11H8FN3O4. The van der Waals surface area contributed by atoms with E-state index < -0.39 is 28.7 Å². The number of rotatable bonds is 2. The van der Waals surface area contributed by atoms with Crippen LogP contribution in [0.2, 0.25) is 0 Å². The summed E-state index contributed by atoms with van der Waals surface area (Å²) >= 11 is 0. The monoisotopic (exact) mass is 265 g/mol. The number of aromatic nitrogens is 2. The topological polar surface area (TPSA) is 115 Å². The molecule has 0 bridgehead atoms. The first-order valence-corrected chi connectivity index (χ1v) is 5.09. The molecule has 0 saturated carbocycles. The first-order chi connectivity index (χ1) is 8.95. The fourth-order valence-electron chi connectivity index (χ4n) is 1.37. The molecule has 1 amide bonds. The van der Waals surface area contributed by atoms with Gasteiger partial charge in [0.2, 0.25) is 0 Å². The quantitative estimate of drug-likeness (QED) is 0.579. The second kappa shape index (κ2) is 4.77. The molecule has 8 heteroatoms. The molecule has 1 aromatic heterocycles. The van der Waals surface area contributed by atoms with Crippen molar-refractivity contribution >= 4 is 11.6 Å². The summed E-state index contributed by atoms with van der Waals surface area (Å²) in [6.07, 6.45) is 0. The lowest BCUT2D eigenvalue weighted by molar-refractivity contribution is 0.102. The van der Waals surface area contributed by atoms with E-state index in [0.717, 1.165) is 18.2 Å². The predicted molar refractivity (Wildman–Crippen MR) is 63.7 cm³/mol. The van der Waals surface area contributed by atoms with Crippen molar-refractivity contribution in [3.8, 4) is 5.75 Å². The van der Waals surface area contributed by atoms with Crippen molar-refractivity contribution in [3.63, 3.8) is 0 Å². The zero-order valence-electron chi connectivity index (χ0n) is 9.36. The van der Waals surface area contributed by atoms with Crippen LogP contribution in [0.5, 0.6) is 5.75 Å². The largest absolute Gasteiger partial charge is 0.505 e. The number of aromatic amines is 2. The Kier molecular flexibility index (Phi) is 3.15. The highest BCUT2D eigenvalue weighted by atomic mass is 19.1. The number of anilines is 1. The summed E-state index contributed by atoms with van der Waals surface area (Å²) in [7, 11) is 0. The van der Waals surface area contributed by atoms with Gasteiger partial charge < -0.3 is 15.4 Å². The highest BCUT2D eigenvalue weighted by molar-refractivity contribution is 6.02. The van der Waals surface area contributed by atoms with Crippen molar-refractivity contribution in [1.29, 1.82) is 0 Å². The van der Waals surface area contributed by atoms with E-state index in [2.05, 4.69) is 10.3 Å². The molecule has 0 saturated heterocycles. The minimum Gasteiger partial charge on any atom is -0.505 e. The summed E-state index contributed by atoms with van der Waals surface area (Å²) in [5, 5.41) is 11.3. The third-order valence-corrected chi connectivity index (χ3v) is 2.21. The Morgan fingerprint density at radius 2 is 1.95 bits per heavy atom. The van der Waals surface area contributed by atoms with Crippen LogP contribution in [0.1, 0.15) is 10.5 Å². The zero-order chi connectivity index (χ0) is 14.0.